The van der Waals surface area contributed by atoms with Crippen molar-refractivity contribution in [2.75, 3.05) is 122 Å². The number of nitrogens with one attached hydrogen (secondary N) is 5. The number of anilines is 9. The van der Waals surface area contributed by atoms with Gasteiger partial charge in [-0.3, -0.25) is 0 Å². The summed E-state index contributed by atoms with van der Waals surface area (Å²) >= 11 is 43.1. The quantitative estimate of drug-likeness (QED) is 0.0141. The van der Waals surface area contributed by atoms with Gasteiger partial charge in [0.25, 0.3) is 9.05 Å². The van der Waals surface area contributed by atoms with Crippen LogP contribution in [0.3, 0.4) is 0 Å². The van der Waals surface area contributed by atoms with Crippen LogP contribution in [0.25, 0.3) is 0 Å². The van der Waals surface area contributed by atoms with Gasteiger partial charge in [0.05, 0.1) is 40.1 Å². The van der Waals surface area contributed by atoms with Crippen molar-refractivity contribution >= 4 is 200 Å². The van der Waals surface area contributed by atoms with Crippen LogP contribution >= 0.6 is 103 Å². The summed E-state index contributed by atoms with van der Waals surface area (Å²) in [5.74, 6) is 5.86. The molecule has 0 unspecified atom stereocenters. The number of hydrogen-bond acceptors (Lipinski definition) is 25. The molecular formula is C98H136Cl10MgN20O7S. The molecule has 0 atom stereocenters. The molecule has 10 aromatic rings. The van der Waals surface area contributed by atoms with E-state index >= 15 is 0 Å². The van der Waals surface area contributed by atoms with Crippen LogP contribution in [0.2, 0.25) is 31.3 Å². The maximum atomic E-state index is 12.4. The van der Waals surface area contributed by atoms with E-state index in [1.54, 1.807) is 15.9 Å². The predicted octanol–water partition coefficient (Wildman–Crippen LogP) is 21.8. The number of halogens is 10. The van der Waals surface area contributed by atoms with Crippen molar-refractivity contribution in [1.82, 2.24) is 70.3 Å². The second-order valence-electron chi connectivity index (χ2n) is 37.9. The first-order valence-electron chi connectivity index (χ1n) is 43.8. The summed E-state index contributed by atoms with van der Waals surface area (Å²) in [6.07, 6.45) is -0.466. The molecule has 13 rings (SSSR count). The molecule has 7 N–H and O–H groups in total. The van der Waals surface area contributed by atoms with E-state index in [1.165, 1.54) is 65.6 Å². The van der Waals surface area contributed by atoms with Gasteiger partial charge in [-0.05, 0) is 183 Å². The first kappa shape index (κ1) is 125. The normalized spacial score (nSPS) is 13.0. The van der Waals surface area contributed by atoms with Gasteiger partial charge in [0.15, 0.2) is 0 Å². The molecule has 0 bridgehead atoms. The molecule has 0 spiro atoms. The molecule has 3 aliphatic heterocycles. The Morgan fingerprint density at radius 1 is 0.409 bits per heavy atom. The Kier molecular flexibility index (Phi) is 54.7. The third-order valence-electron chi connectivity index (χ3n) is 18.3. The molecule has 748 valence electrons. The number of ether oxygens (including phenoxy) is 3. The van der Waals surface area contributed by atoms with Gasteiger partial charge in [-0.1, -0.05) is 189 Å². The van der Waals surface area contributed by atoms with Gasteiger partial charge in [0.1, 0.15) is 49.9 Å². The number of carbonyl (C=O) groups is 2. The van der Waals surface area contributed by atoms with Gasteiger partial charge in [0, 0.05) is 158 Å². The van der Waals surface area contributed by atoms with Gasteiger partial charge >= 0.3 is 35.2 Å². The molecule has 0 aliphatic carbocycles. The Labute approximate surface area is 880 Å². The fourth-order valence-corrected chi connectivity index (χ4v) is 13.2. The number of nitrogens with zero attached hydrogens (tertiary/aromatic N) is 14. The fourth-order valence-electron chi connectivity index (χ4n) is 11.2. The fraction of sp³-hybridized carbons (Fsp3) is 0.459. The zero-order valence-electron chi connectivity index (χ0n) is 83.7. The van der Waals surface area contributed by atoms with Gasteiger partial charge in [-0.2, -0.15) is 30.7 Å². The maximum Gasteiger partial charge on any atom is 2.00 e. The van der Waals surface area contributed by atoms with Crippen LogP contribution < -0.4 is 59.3 Å². The summed E-state index contributed by atoms with van der Waals surface area (Å²) in [5.41, 5.74) is 16.9. The summed E-state index contributed by atoms with van der Waals surface area (Å²) in [7, 11) is 2.98. The van der Waals surface area contributed by atoms with E-state index in [1.807, 2.05) is 130 Å². The van der Waals surface area contributed by atoms with Crippen LogP contribution in [0.5, 0.6) is 5.75 Å². The van der Waals surface area contributed by atoms with E-state index in [9.17, 15) is 18.0 Å². The minimum Gasteiger partial charge on any atom is -1.00 e. The summed E-state index contributed by atoms with van der Waals surface area (Å²) < 4.78 is 37.1. The zero-order chi connectivity index (χ0) is 102. The number of alkyl halides is 2. The van der Waals surface area contributed by atoms with Crippen LogP contribution in [0, 0.1) is 33.6 Å². The molecule has 137 heavy (non-hydrogen) atoms. The first-order chi connectivity index (χ1) is 62.7. The van der Waals surface area contributed by atoms with Crippen LogP contribution in [0.15, 0.2) is 157 Å². The molecule has 8 heterocycles. The van der Waals surface area contributed by atoms with Gasteiger partial charge in [-0.25, -0.2) is 57.9 Å². The molecular weight excluding hydrogens is 1980 g/mol. The zero-order valence-corrected chi connectivity index (χ0v) is 93.5. The number of methoxy groups -OCH3 is 1. The number of hydrogen-bond donors (Lipinski definition) is 6. The minimum absolute atomic E-state index is 0. The standard InChI is InChI=1S/C24H35N5O2.C19H27N5.C15H18ClN3.C9H18N2O2.C8H10Cl2N2.C7H7ClO3S.C7H9N.C4HCl3N2.C4H9.CH2Cl2.ClH.Mg/c1-17-8-10-18(11-9-17)25-20-16-19(23(2,3)4)26-21(27-20)28-12-14-29(15-13-28)22(30)31-24(5,6)7;1-14-5-7-15(8-6-14)21-17-13-16(19(2,3)4)22-18(23-17)24-11-9-20-10-12-24;1-10-5-7-11(8-6-10)17-13-9-12(15(2,3)4)18-14(16)19-13;1-9(2,3)13-8(12)11-6-4-10-5-7-11;1-8(2,3)5-4-6(9)12-7(10)11-5;1-11-6-2-4-7(5-3-6)12(8,9)10;1-6-2-4-7(8)5-3-6;5-2-1-3(6)9-4(7)8-2;1-4(2)3;2-1-3;;/h8-11,16H,12-15H2,1-7H3,(H,25,26,27);5-8,13,20H,9-12H2,1-4H3,(H,21,22,23);5-9H,1-4H3,(H,17,18,19);10H,4-7H2,1-3H3;4H,1-3H3;2-5H,1H3;2-5H,8H2,1H3;1H;1-3H3;1H2;1H;/q;;;;;;;;-1;;;+2/p-1. The maximum absolute atomic E-state index is 12.4. The molecule has 3 aliphatic rings. The van der Waals surface area contributed by atoms with Crippen molar-refractivity contribution in [3.63, 3.8) is 0 Å². The number of benzene rings is 5. The van der Waals surface area contributed by atoms with E-state index in [0.29, 0.717) is 48.8 Å². The SMILES string of the molecule is CC(C)(C)OC(=O)N1CCNCC1.CC(C)(C)c1cc(Cl)nc(Cl)n1.COc1ccc(S(=O)(=O)Cl)cc1.C[C-](C)C.Cc1ccc(N)cc1.Cc1ccc(Nc2cc(C(C)(C)C)nc(Cl)n2)cc1.Cc1ccc(Nc2cc(C(C)(C)C)nc(N3CCN(C(=O)OC(C)(C)C)CC3)n2)cc1.Cc1ccc(Nc2cc(C(C)(C)C)nc(N3CCNCC3)n2)cc1.ClCCl.Clc1cc(Cl)nc(Cl)n1.[Cl-].[Mg+2]. The third-order valence-corrected chi connectivity index (χ3v) is 20.7. The second-order valence-corrected chi connectivity index (χ2v) is 43.5. The monoisotopic (exact) mass is 2110 g/mol. The van der Waals surface area contributed by atoms with Crippen LogP contribution in [0.1, 0.15) is 190 Å². The topological polar surface area (TPSA) is 324 Å². The number of aryl methyl sites for hydroxylation is 4. The van der Waals surface area contributed by atoms with E-state index in [2.05, 4.69) is 225 Å². The number of piperazine rings is 3. The molecule has 2 amide bonds. The van der Waals surface area contributed by atoms with Crippen molar-refractivity contribution in [3.05, 3.63) is 234 Å². The Bertz CT molecular complexity index is 5270. The first-order valence-corrected chi connectivity index (χ1v) is 49.4. The third kappa shape index (κ3) is 52.0. The molecule has 3 saturated heterocycles. The molecule has 0 radical (unpaired) electrons. The van der Waals surface area contributed by atoms with Gasteiger partial charge < -0.3 is 84.5 Å². The molecule has 39 heteroatoms. The van der Waals surface area contributed by atoms with Crippen molar-refractivity contribution in [1.29, 1.82) is 0 Å². The van der Waals surface area contributed by atoms with Crippen molar-refractivity contribution in [2.24, 2.45) is 0 Å². The van der Waals surface area contributed by atoms with Crippen molar-refractivity contribution < 1.29 is 44.6 Å². The number of nitrogens with two attached hydrogens (primary N) is 1. The average Bonchev–Trinajstić information content (AvgIpc) is 0.807. The van der Waals surface area contributed by atoms with Gasteiger partial charge in [0.2, 0.25) is 27.7 Å². The smallest absolute Gasteiger partial charge is 1.00 e. The summed E-state index contributed by atoms with van der Waals surface area (Å²) in [6, 6.07) is 47.5. The van der Waals surface area contributed by atoms with E-state index in [-0.39, 0.29) is 111 Å². The Morgan fingerprint density at radius 3 is 0.985 bits per heavy atom. The van der Waals surface area contributed by atoms with E-state index in [0.717, 1.165) is 115 Å². The Morgan fingerprint density at radius 2 is 0.686 bits per heavy atom. The minimum atomic E-state index is -3.61. The average molecular weight is 2120 g/mol. The predicted molar refractivity (Wildman–Crippen MR) is 568 cm³/mol. The van der Waals surface area contributed by atoms with Crippen molar-refractivity contribution in [2.45, 2.75) is 211 Å². The van der Waals surface area contributed by atoms with Gasteiger partial charge in [-0.15, -0.1) is 23.2 Å². The van der Waals surface area contributed by atoms with E-state index in [4.69, 9.17) is 143 Å². The number of aromatic nitrogens is 10. The van der Waals surface area contributed by atoms with Crippen LogP contribution in [-0.4, -0.2) is 205 Å². The number of nitrogen functional groups attached to an aromatic ring is 1. The molecule has 5 aromatic carbocycles. The summed E-state index contributed by atoms with van der Waals surface area (Å²) in [4.78, 5) is 74.5. The van der Waals surface area contributed by atoms with Crippen LogP contribution in [-0.2, 0) is 40.2 Å². The van der Waals surface area contributed by atoms with Crippen LogP contribution in [0.4, 0.5) is 61.7 Å². The second kappa shape index (κ2) is 59.8. The molecule has 0 saturated carbocycles. The number of carbonyl (C=O) groups excluding carboxylic acids is 2. The number of rotatable bonds is 10. The van der Waals surface area contributed by atoms with E-state index < -0.39 is 14.7 Å². The number of amides is 2. The molecule has 3 fully saturated rings. The van der Waals surface area contributed by atoms with Crippen molar-refractivity contribution in [3.8, 4) is 5.75 Å². The molecule has 5 aromatic heterocycles. The largest absolute Gasteiger partial charge is 2.00 e. The molecule has 27 nitrogen and oxygen atoms in total. The Hall–Kier alpha value is -7.82. The Balaban J connectivity index is 0.000000542. The summed E-state index contributed by atoms with van der Waals surface area (Å²) in [5, 5.41) is 18.3. The summed E-state index contributed by atoms with van der Waals surface area (Å²) in [6.45, 7) is 60.8.